The van der Waals surface area contributed by atoms with E-state index in [1.807, 2.05) is 6.92 Å². The first-order valence-electron chi connectivity index (χ1n) is 9.20. The van der Waals surface area contributed by atoms with Gasteiger partial charge in [0.1, 0.15) is 0 Å². The Morgan fingerprint density at radius 1 is 1.12 bits per heavy atom. The van der Waals surface area contributed by atoms with E-state index in [4.69, 9.17) is 5.73 Å². The fourth-order valence-electron chi connectivity index (χ4n) is 3.46. The van der Waals surface area contributed by atoms with Crippen LogP contribution in [-0.2, 0) is 13.0 Å². The average molecular weight is 342 g/mol. The standard InChI is InChI=1S/C21H30N2O2/c1-4-5-6-8-18-20(17-11-9-15(2)10-12-17)19(21(22)25)16(3)23(18)13-7-14-24/h9-12,24H,4-8,13-14H2,1-3H3,(H2,22,25). The molecule has 1 aromatic heterocycles. The molecule has 0 fully saturated rings. The lowest BCUT2D eigenvalue weighted by atomic mass is 9.96. The maximum Gasteiger partial charge on any atom is 0.251 e. The van der Waals surface area contributed by atoms with Crippen LogP contribution in [0.2, 0.25) is 0 Å². The molecule has 136 valence electrons. The minimum atomic E-state index is -0.382. The number of nitrogens with two attached hydrogens (primary N) is 1. The average Bonchev–Trinajstić information content (AvgIpc) is 2.86. The van der Waals surface area contributed by atoms with Crippen LogP contribution in [0.1, 0.15) is 59.9 Å². The number of primary amides is 1. The van der Waals surface area contributed by atoms with E-state index in [0.29, 0.717) is 18.5 Å². The van der Waals surface area contributed by atoms with Crippen LogP contribution in [0.15, 0.2) is 24.3 Å². The third-order valence-corrected chi connectivity index (χ3v) is 4.77. The van der Waals surface area contributed by atoms with E-state index in [1.165, 1.54) is 5.56 Å². The van der Waals surface area contributed by atoms with Crippen molar-refractivity contribution in [2.75, 3.05) is 6.61 Å². The van der Waals surface area contributed by atoms with E-state index in [0.717, 1.165) is 48.2 Å². The van der Waals surface area contributed by atoms with Gasteiger partial charge in [0, 0.05) is 30.1 Å². The van der Waals surface area contributed by atoms with Crippen LogP contribution >= 0.6 is 0 Å². The maximum atomic E-state index is 12.2. The molecular weight excluding hydrogens is 312 g/mol. The Bertz CT molecular complexity index is 714. The summed E-state index contributed by atoms with van der Waals surface area (Å²) < 4.78 is 2.18. The van der Waals surface area contributed by atoms with Crippen LogP contribution in [0.4, 0.5) is 0 Å². The Morgan fingerprint density at radius 3 is 2.36 bits per heavy atom. The SMILES string of the molecule is CCCCCc1c(-c2ccc(C)cc2)c(C(N)=O)c(C)n1CCCO. The van der Waals surface area contributed by atoms with E-state index in [-0.39, 0.29) is 12.5 Å². The summed E-state index contributed by atoms with van der Waals surface area (Å²) in [4.78, 5) is 12.2. The van der Waals surface area contributed by atoms with Crippen molar-refractivity contribution in [2.45, 2.75) is 59.4 Å². The molecule has 1 heterocycles. The van der Waals surface area contributed by atoms with Crippen LogP contribution in [0.25, 0.3) is 11.1 Å². The highest BCUT2D eigenvalue weighted by Gasteiger charge is 2.24. The van der Waals surface area contributed by atoms with Gasteiger partial charge in [-0.25, -0.2) is 0 Å². The van der Waals surface area contributed by atoms with Crippen molar-refractivity contribution in [2.24, 2.45) is 5.73 Å². The van der Waals surface area contributed by atoms with E-state index < -0.39 is 0 Å². The molecular formula is C21H30N2O2. The quantitative estimate of drug-likeness (QED) is 0.677. The predicted molar refractivity (Wildman–Crippen MR) is 103 cm³/mol. The number of nitrogens with zero attached hydrogens (tertiary/aromatic N) is 1. The highest BCUT2D eigenvalue weighted by Crippen LogP contribution is 2.34. The first kappa shape index (κ1) is 19.3. The second-order valence-corrected chi connectivity index (χ2v) is 6.70. The van der Waals surface area contributed by atoms with Crippen molar-refractivity contribution in [1.82, 2.24) is 4.57 Å². The zero-order chi connectivity index (χ0) is 18.4. The zero-order valence-corrected chi connectivity index (χ0v) is 15.6. The molecule has 0 radical (unpaired) electrons. The van der Waals surface area contributed by atoms with Crippen molar-refractivity contribution in [3.8, 4) is 11.1 Å². The molecule has 0 atom stereocenters. The summed E-state index contributed by atoms with van der Waals surface area (Å²) in [6.07, 6.45) is 4.97. The summed E-state index contributed by atoms with van der Waals surface area (Å²) in [5.41, 5.74) is 11.6. The van der Waals surface area contributed by atoms with E-state index in [9.17, 15) is 9.90 Å². The van der Waals surface area contributed by atoms with Gasteiger partial charge in [0.2, 0.25) is 0 Å². The van der Waals surface area contributed by atoms with Gasteiger partial charge in [0.15, 0.2) is 0 Å². The number of carbonyl (C=O) groups is 1. The minimum Gasteiger partial charge on any atom is -0.396 e. The largest absolute Gasteiger partial charge is 0.396 e. The van der Waals surface area contributed by atoms with Crippen LogP contribution in [-0.4, -0.2) is 22.2 Å². The second-order valence-electron chi connectivity index (χ2n) is 6.70. The first-order chi connectivity index (χ1) is 12.0. The highest BCUT2D eigenvalue weighted by molar-refractivity contribution is 6.02. The Hall–Kier alpha value is -2.07. The zero-order valence-electron chi connectivity index (χ0n) is 15.6. The lowest BCUT2D eigenvalue weighted by Gasteiger charge is -2.13. The summed E-state index contributed by atoms with van der Waals surface area (Å²) in [6, 6.07) is 8.26. The van der Waals surface area contributed by atoms with Gasteiger partial charge >= 0.3 is 0 Å². The van der Waals surface area contributed by atoms with E-state index in [2.05, 4.69) is 42.7 Å². The number of hydrogen-bond donors (Lipinski definition) is 2. The molecule has 0 unspecified atom stereocenters. The molecule has 3 N–H and O–H groups in total. The number of benzene rings is 1. The van der Waals surface area contributed by atoms with Gasteiger partial charge in [0.05, 0.1) is 5.56 Å². The van der Waals surface area contributed by atoms with E-state index in [1.54, 1.807) is 0 Å². The van der Waals surface area contributed by atoms with Crippen LogP contribution in [0.3, 0.4) is 0 Å². The molecule has 4 nitrogen and oxygen atoms in total. The van der Waals surface area contributed by atoms with Gasteiger partial charge in [-0.1, -0.05) is 49.6 Å². The molecule has 0 saturated carbocycles. The predicted octanol–water partition coefficient (Wildman–Crippen LogP) is 3.99. The molecule has 0 aliphatic rings. The van der Waals surface area contributed by atoms with Crippen molar-refractivity contribution in [1.29, 1.82) is 0 Å². The van der Waals surface area contributed by atoms with Crippen molar-refractivity contribution >= 4 is 5.91 Å². The minimum absolute atomic E-state index is 0.137. The summed E-state index contributed by atoms with van der Waals surface area (Å²) in [6.45, 7) is 7.04. The number of carbonyl (C=O) groups excluding carboxylic acids is 1. The molecule has 1 aromatic carbocycles. The molecule has 0 aliphatic carbocycles. The third kappa shape index (κ3) is 4.31. The molecule has 0 bridgehead atoms. The topological polar surface area (TPSA) is 68.2 Å². The third-order valence-electron chi connectivity index (χ3n) is 4.77. The van der Waals surface area contributed by atoms with Gasteiger partial charge < -0.3 is 15.4 Å². The normalized spacial score (nSPS) is 11.0. The Morgan fingerprint density at radius 2 is 1.80 bits per heavy atom. The van der Waals surface area contributed by atoms with E-state index >= 15 is 0 Å². The van der Waals surface area contributed by atoms with Crippen molar-refractivity contribution in [3.63, 3.8) is 0 Å². The fourth-order valence-corrected chi connectivity index (χ4v) is 3.46. The van der Waals surface area contributed by atoms with Crippen molar-refractivity contribution < 1.29 is 9.90 Å². The monoisotopic (exact) mass is 342 g/mol. The number of aromatic nitrogens is 1. The van der Waals surface area contributed by atoms with Crippen LogP contribution in [0.5, 0.6) is 0 Å². The summed E-state index contributed by atoms with van der Waals surface area (Å²) in [5, 5.41) is 9.25. The van der Waals surface area contributed by atoms with Gasteiger partial charge in [-0.2, -0.15) is 0 Å². The number of aryl methyl sites for hydroxylation is 1. The first-order valence-corrected chi connectivity index (χ1v) is 9.20. The number of hydrogen-bond acceptors (Lipinski definition) is 2. The molecule has 0 saturated heterocycles. The van der Waals surface area contributed by atoms with Crippen LogP contribution < -0.4 is 5.73 Å². The lowest BCUT2D eigenvalue weighted by Crippen LogP contribution is -2.13. The summed E-state index contributed by atoms with van der Waals surface area (Å²) in [7, 11) is 0. The number of amides is 1. The molecule has 4 heteroatoms. The summed E-state index contributed by atoms with van der Waals surface area (Å²) >= 11 is 0. The van der Waals surface area contributed by atoms with Crippen LogP contribution in [0, 0.1) is 13.8 Å². The fraction of sp³-hybridized carbons (Fsp3) is 0.476. The number of aliphatic hydroxyl groups is 1. The second kappa shape index (κ2) is 8.86. The van der Waals surface area contributed by atoms with Gasteiger partial charge in [-0.3, -0.25) is 4.79 Å². The summed E-state index contributed by atoms with van der Waals surface area (Å²) in [5.74, 6) is -0.382. The highest BCUT2D eigenvalue weighted by atomic mass is 16.3. The lowest BCUT2D eigenvalue weighted by molar-refractivity contribution is 0.1000. The molecule has 2 rings (SSSR count). The number of aliphatic hydroxyl groups excluding tert-OH is 1. The Kier molecular flexibility index (Phi) is 6.82. The van der Waals surface area contributed by atoms with Gasteiger partial charge in [-0.15, -0.1) is 0 Å². The maximum absolute atomic E-state index is 12.2. The van der Waals surface area contributed by atoms with Gasteiger partial charge in [-0.05, 0) is 38.7 Å². The van der Waals surface area contributed by atoms with Gasteiger partial charge in [0.25, 0.3) is 5.91 Å². The smallest absolute Gasteiger partial charge is 0.251 e. The number of rotatable bonds is 9. The molecule has 0 aliphatic heterocycles. The number of unbranched alkanes of at least 4 members (excludes halogenated alkanes) is 2. The Balaban J connectivity index is 2.62. The molecule has 0 spiro atoms. The molecule has 25 heavy (non-hydrogen) atoms. The Labute approximate surface area is 150 Å². The molecule has 2 aromatic rings. The molecule has 1 amide bonds. The van der Waals surface area contributed by atoms with Crippen molar-refractivity contribution in [3.05, 3.63) is 46.8 Å².